The Balaban J connectivity index is 2.35. The van der Waals surface area contributed by atoms with Gasteiger partial charge in [0.15, 0.2) is 0 Å². The first kappa shape index (κ1) is 23.1. The molecule has 1 aromatic rings. The maximum Gasteiger partial charge on any atom is 0.417 e. The van der Waals surface area contributed by atoms with Crippen LogP contribution in [0.4, 0.5) is 26.3 Å². The second kappa shape index (κ2) is 9.53. The van der Waals surface area contributed by atoms with Crippen LogP contribution in [-0.2, 0) is 18.8 Å². The van der Waals surface area contributed by atoms with E-state index >= 15 is 0 Å². The van der Waals surface area contributed by atoms with E-state index in [9.17, 15) is 26.3 Å². The summed E-state index contributed by atoms with van der Waals surface area (Å²) in [5.41, 5.74) is -3.32. The van der Waals surface area contributed by atoms with Crippen LogP contribution in [0.15, 0.2) is 12.1 Å². The van der Waals surface area contributed by atoms with Gasteiger partial charge in [0, 0.05) is 0 Å². The Morgan fingerprint density at radius 3 is 1.89 bits per heavy atom. The van der Waals surface area contributed by atoms with Gasteiger partial charge in [-0.3, -0.25) is 0 Å². The zero-order valence-electron chi connectivity index (χ0n) is 16.6. The van der Waals surface area contributed by atoms with Crippen LogP contribution in [-0.4, -0.2) is 0 Å². The number of benzene rings is 1. The van der Waals surface area contributed by atoms with Gasteiger partial charge in [0.1, 0.15) is 0 Å². The Hall–Kier alpha value is -1.20. The van der Waals surface area contributed by atoms with Crippen molar-refractivity contribution in [2.75, 3.05) is 0 Å². The fraction of sp³-hybridized carbons (Fsp3) is 0.727. The van der Waals surface area contributed by atoms with Gasteiger partial charge < -0.3 is 0 Å². The molecule has 0 nitrogen and oxygen atoms in total. The molecule has 6 heteroatoms. The van der Waals surface area contributed by atoms with E-state index in [4.69, 9.17) is 0 Å². The highest BCUT2D eigenvalue weighted by molar-refractivity contribution is 5.46. The molecule has 0 saturated heterocycles. The van der Waals surface area contributed by atoms with E-state index in [1.54, 1.807) is 6.92 Å². The lowest BCUT2D eigenvalue weighted by molar-refractivity contribution is -0.163. The first-order valence-corrected chi connectivity index (χ1v) is 10.4. The van der Waals surface area contributed by atoms with E-state index < -0.39 is 29.4 Å². The van der Waals surface area contributed by atoms with Gasteiger partial charge in [-0.25, -0.2) is 0 Å². The molecule has 0 bridgehead atoms. The predicted octanol–water partition coefficient (Wildman–Crippen LogP) is 8.53. The fourth-order valence-electron chi connectivity index (χ4n) is 4.55. The summed E-state index contributed by atoms with van der Waals surface area (Å²) < 4.78 is 82.3. The molecule has 0 aromatic heterocycles. The number of halogens is 6. The largest absolute Gasteiger partial charge is 0.417 e. The van der Waals surface area contributed by atoms with E-state index in [-0.39, 0.29) is 17.5 Å². The number of hydrogen-bond acceptors (Lipinski definition) is 0. The normalized spacial score (nSPS) is 21.1. The van der Waals surface area contributed by atoms with Crippen LogP contribution in [0, 0.1) is 5.92 Å². The standard InChI is InChI=1S/C22H30F6/c1-3-5-6-8-15-9-11-16(12-10-15)18-14-13-17(7-4-2)19(21(23,24)25)20(18)22(26,27)28/h13-16H,3-12H2,1-2H3. The molecule has 1 fully saturated rings. The van der Waals surface area contributed by atoms with Gasteiger partial charge in [0.25, 0.3) is 0 Å². The fourth-order valence-corrected chi connectivity index (χ4v) is 4.55. The molecule has 0 heterocycles. The number of hydrogen-bond donors (Lipinski definition) is 0. The minimum Gasteiger partial charge on any atom is -0.166 e. The SMILES string of the molecule is CCCCCC1CCC(c2ccc(CCC)c(C(F)(F)F)c2C(F)(F)F)CC1. The lowest BCUT2D eigenvalue weighted by Crippen LogP contribution is -2.24. The van der Waals surface area contributed by atoms with Crippen LogP contribution >= 0.6 is 0 Å². The quantitative estimate of drug-likeness (QED) is 0.313. The lowest BCUT2D eigenvalue weighted by Gasteiger charge is -2.32. The van der Waals surface area contributed by atoms with E-state index in [0.29, 0.717) is 25.2 Å². The summed E-state index contributed by atoms with van der Waals surface area (Å²) in [6, 6.07) is 2.58. The summed E-state index contributed by atoms with van der Waals surface area (Å²) in [6.45, 7) is 3.79. The minimum absolute atomic E-state index is 0.0115. The van der Waals surface area contributed by atoms with Crippen molar-refractivity contribution in [1.29, 1.82) is 0 Å². The summed E-state index contributed by atoms with van der Waals surface area (Å²) in [5.74, 6) is 0.0365. The third kappa shape index (κ3) is 5.66. The second-order valence-electron chi connectivity index (χ2n) is 8.02. The Bertz CT molecular complexity index is 621. The first-order chi connectivity index (χ1) is 13.1. The maximum absolute atomic E-state index is 13.8. The number of rotatable bonds is 7. The first-order valence-electron chi connectivity index (χ1n) is 10.4. The van der Waals surface area contributed by atoms with Crippen LogP contribution in [0.5, 0.6) is 0 Å². The molecule has 0 spiro atoms. The average molecular weight is 408 g/mol. The smallest absolute Gasteiger partial charge is 0.166 e. The van der Waals surface area contributed by atoms with Crippen molar-refractivity contribution in [3.05, 3.63) is 34.4 Å². The van der Waals surface area contributed by atoms with Crippen molar-refractivity contribution in [3.63, 3.8) is 0 Å². The van der Waals surface area contributed by atoms with Crippen molar-refractivity contribution in [2.24, 2.45) is 5.92 Å². The van der Waals surface area contributed by atoms with Gasteiger partial charge >= 0.3 is 12.4 Å². The van der Waals surface area contributed by atoms with E-state index in [1.165, 1.54) is 12.1 Å². The summed E-state index contributed by atoms with van der Waals surface area (Å²) in [4.78, 5) is 0. The minimum atomic E-state index is -5.01. The third-order valence-electron chi connectivity index (χ3n) is 5.91. The molecule has 1 aromatic carbocycles. The highest BCUT2D eigenvalue weighted by Crippen LogP contribution is 2.48. The van der Waals surface area contributed by atoms with Crippen molar-refractivity contribution < 1.29 is 26.3 Å². The summed E-state index contributed by atoms with van der Waals surface area (Å²) in [6.07, 6.45) is -2.57. The van der Waals surface area contributed by atoms with Crippen LogP contribution in [0.25, 0.3) is 0 Å². The van der Waals surface area contributed by atoms with Crippen LogP contribution in [0.1, 0.15) is 99.8 Å². The average Bonchev–Trinajstić information content (AvgIpc) is 2.61. The number of unbranched alkanes of at least 4 members (excludes halogenated alkanes) is 2. The van der Waals surface area contributed by atoms with Gasteiger partial charge in [-0.05, 0) is 55.1 Å². The van der Waals surface area contributed by atoms with Crippen molar-refractivity contribution in [1.82, 2.24) is 0 Å². The molecule has 1 aliphatic carbocycles. The van der Waals surface area contributed by atoms with Gasteiger partial charge in [-0.15, -0.1) is 0 Å². The molecule has 0 unspecified atom stereocenters. The molecule has 0 amide bonds. The van der Waals surface area contributed by atoms with E-state index in [2.05, 4.69) is 6.92 Å². The molecular formula is C22H30F6. The van der Waals surface area contributed by atoms with Crippen LogP contribution in [0.2, 0.25) is 0 Å². The Morgan fingerprint density at radius 1 is 0.786 bits per heavy atom. The predicted molar refractivity (Wildman–Crippen MR) is 99.3 cm³/mol. The number of alkyl halides is 6. The Labute approximate surface area is 163 Å². The van der Waals surface area contributed by atoms with Gasteiger partial charge in [-0.1, -0.05) is 58.1 Å². The highest BCUT2D eigenvalue weighted by atomic mass is 19.4. The van der Waals surface area contributed by atoms with Crippen molar-refractivity contribution in [3.8, 4) is 0 Å². The molecule has 0 radical (unpaired) electrons. The molecule has 160 valence electrons. The maximum atomic E-state index is 13.8. The second-order valence-corrected chi connectivity index (χ2v) is 8.02. The van der Waals surface area contributed by atoms with Gasteiger partial charge in [0.05, 0.1) is 11.1 Å². The topological polar surface area (TPSA) is 0 Å². The molecule has 1 aliphatic rings. The summed E-state index contributed by atoms with van der Waals surface area (Å²) in [7, 11) is 0. The molecule has 1 saturated carbocycles. The van der Waals surface area contributed by atoms with Crippen LogP contribution < -0.4 is 0 Å². The Morgan fingerprint density at radius 2 is 1.39 bits per heavy atom. The molecule has 2 rings (SSSR count). The van der Waals surface area contributed by atoms with E-state index in [1.807, 2.05) is 0 Å². The van der Waals surface area contributed by atoms with Crippen molar-refractivity contribution in [2.45, 2.75) is 96.3 Å². The van der Waals surface area contributed by atoms with Crippen LogP contribution in [0.3, 0.4) is 0 Å². The Kier molecular flexibility index (Phi) is 7.86. The molecular weight excluding hydrogens is 378 g/mol. The molecule has 28 heavy (non-hydrogen) atoms. The summed E-state index contributed by atoms with van der Waals surface area (Å²) in [5, 5.41) is 0. The molecule has 0 N–H and O–H groups in total. The number of aryl methyl sites for hydroxylation is 1. The third-order valence-corrected chi connectivity index (χ3v) is 5.91. The zero-order valence-corrected chi connectivity index (χ0v) is 16.6. The zero-order chi connectivity index (χ0) is 20.9. The van der Waals surface area contributed by atoms with E-state index in [0.717, 1.165) is 38.5 Å². The highest BCUT2D eigenvalue weighted by Gasteiger charge is 2.47. The monoisotopic (exact) mass is 408 g/mol. The summed E-state index contributed by atoms with van der Waals surface area (Å²) >= 11 is 0. The van der Waals surface area contributed by atoms with Crippen molar-refractivity contribution >= 4 is 0 Å². The molecule has 0 atom stereocenters. The van der Waals surface area contributed by atoms with Gasteiger partial charge in [0.2, 0.25) is 0 Å². The van der Waals surface area contributed by atoms with Gasteiger partial charge in [-0.2, -0.15) is 26.3 Å². The lowest BCUT2D eigenvalue weighted by atomic mass is 9.74. The molecule has 0 aliphatic heterocycles.